The van der Waals surface area contributed by atoms with E-state index in [0.717, 1.165) is 16.9 Å². The van der Waals surface area contributed by atoms with Crippen molar-refractivity contribution in [3.63, 3.8) is 0 Å². The van der Waals surface area contributed by atoms with E-state index in [9.17, 15) is 9.59 Å². The molecule has 0 spiro atoms. The summed E-state index contributed by atoms with van der Waals surface area (Å²) in [6, 6.07) is 5.25. The first-order chi connectivity index (χ1) is 11.1. The number of esters is 1. The minimum Gasteiger partial charge on any atom is -0.493 e. The highest BCUT2D eigenvalue weighted by molar-refractivity contribution is 7.17. The number of rotatable bonds is 6. The second-order valence-electron chi connectivity index (χ2n) is 4.44. The van der Waals surface area contributed by atoms with Crippen molar-refractivity contribution in [2.75, 3.05) is 26.6 Å². The number of nitrogens with one attached hydrogen (secondary N) is 1. The van der Waals surface area contributed by atoms with Crippen LogP contribution in [0.1, 0.15) is 15.2 Å². The fraction of sp³-hybridized carbons (Fsp3) is 0.267. The molecule has 23 heavy (non-hydrogen) atoms. The Labute approximate surface area is 137 Å². The Bertz CT molecular complexity index is 714. The molecule has 0 saturated heterocycles. The summed E-state index contributed by atoms with van der Waals surface area (Å²) in [5.41, 5.74) is 0.768. The zero-order valence-electron chi connectivity index (χ0n) is 12.9. The van der Waals surface area contributed by atoms with E-state index in [1.165, 1.54) is 20.4 Å². The average Bonchev–Trinajstić information content (AvgIpc) is 3.02. The molecular weight excluding hydrogens is 320 g/mol. The van der Waals surface area contributed by atoms with Gasteiger partial charge in [0, 0.05) is 0 Å². The van der Waals surface area contributed by atoms with Crippen LogP contribution in [0.25, 0.3) is 0 Å². The van der Waals surface area contributed by atoms with E-state index in [-0.39, 0.29) is 12.3 Å². The molecule has 0 bridgehead atoms. The second kappa shape index (κ2) is 7.59. The lowest BCUT2D eigenvalue weighted by atomic mass is 10.1. The summed E-state index contributed by atoms with van der Waals surface area (Å²) >= 11 is 1.06. The van der Waals surface area contributed by atoms with Gasteiger partial charge in [-0.05, 0) is 17.7 Å². The summed E-state index contributed by atoms with van der Waals surface area (Å²) in [4.78, 5) is 27.7. The Morgan fingerprint density at radius 1 is 1.17 bits per heavy atom. The SMILES string of the molecule is COC(=O)c1cnc(NC(=O)Cc2ccc(OC)c(OC)c2)s1. The molecule has 0 fully saturated rings. The number of carbonyl (C=O) groups is 2. The van der Waals surface area contributed by atoms with Crippen LogP contribution >= 0.6 is 11.3 Å². The highest BCUT2D eigenvalue weighted by Gasteiger charge is 2.13. The van der Waals surface area contributed by atoms with Gasteiger partial charge in [-0.1, -0.05) is 17.4 Å². The van der Waals surface area contributed by atoms with Gasteiger partial charge in [0.2, 0.25) is 5.91 Å². The van der Waals surface area contributed by atoms with Gasteiger partial charge in [0.25, 0.3) is 0 Å². The largest absolute Gasteiger partial charge is 0.493 e. The summed E-state index contributed by atoms with van der Waals surface area (Å²) in [6.07, 6.45) is 1.51. The Hall–Kier alpha value is -2.61. The van der Waals surface area contributed by atoms with E-state index in [0.29, 0.717) is 21.5 Å². The molecule has 1 aromatic carbocycles. The summed E-state index contributed by atoms with van der Waals surface area (Å²) in [5, 5.41) is 2.99. The van der Waals surface area contributed by atoms with Crippen LogP contribution in [0.3, 0.4) is 0 Å². The number of aromatic nitrogens is 1. The number of anilines is 1. The van der Waals surface area contributed by atoms with Crippen molar-refractivity contribution in [3.05, 3.63) is 34.8 Å². The molecule has 0 radical (unpaired) electrons. The van der Waals surface area contributed by atoms with Gasteiger partial charge in [-0.25, -0.2) is 9.78 Å². The van der Waals surface area contributed by atoms with Gasteiger partial charge in [-0.15, -0.1) is 0 Å². The summed E-state index contributed by atoms with van der Waals surface area (Å²) in [7, 11) is 4.37. The number of amides is 1. The minimum absolute atomic E-state index is 0.146. The average molecular weight is 336 g/mol. The van der Waals surface area contributed by atoms with Gasteiger partial charge in [0.05, 0.1) is 33.9 Å². The number of hydrogen-bond acceptors (Lipinski definition) is 7. The first-order valence-corrected chi connectivity index (χ1v) is 7.44. The monoisotopic (exact) mass is 336 g/mol. The minimum atomic E-state index is -0.483. The van der Waals surface area contributed by atoms with Crippen molar-refractivity contribution in [3.8, 4) is 11.5 Å². The third-order valence-electron chi connectivity index (χ3n) is 2.95. The van der Waals surface area contributed by atoms with Crippen molar-refractivity contribution >= 4 is 28.3 Å². The van der Waals surface area contributed by atoms with Crippen molar-refractivity contribution in [1.82, 2.24) is 4.98 Å². The summed E-state index contributed by atoms with van der Waals surface area (Å²) in [6.45, 7) is 0. The quantitative estimate of drug-likeness (QED) is 0.813. The van der Waals surface area contributed by atoms with Crippen molar-refractivity contribution in [1.29, 1.82) is 0 Å². The topological polar surface area (TPSA) is 86.8 Å². The third kappa shape index (κ3) is 4.19. The van der Waals surface area contributed by atoms with Crippen LogP contribution < -0.4 is 14.8 Å². The zero-order valence-corrected chi connectivity index (χ0v) is 13.7. The van der Waals surface area contributed by atoms with E-state index in [1.807, 2.05) is 0 Å². The fourth-order valence-electron chi connectivity index (χ4n) is 1.87. The second-order valence-corrected chi connectivity index (χ2v) is 5.47. The molecule has 0 unspecified atom stereocenters. The number of hydrogen-bond donors (Lipinski definition) is 1. The smallest absolute Gasteiger partial charge is 0.349 e. The lowest BCUT2D eigenvalue weighted by Gasteiger charge is -2.09. The van der Waals surface area contributed by atoms with Gasteiger partial charge in [-0.3, -0.25) is 4.79 Å². The van der Waals surface area contributed by atoms with Crippen LogP contribution in [0.2, 0.25) is 0 Å². The van der Waals surface area contributed by atoms with Gasteiger partial charge >= 0.3 is 5.97 Å². The summed E-state index contributed by atoms with van der Waals surface area (Å²) < 4.78 is 14.9. The molecule has 0 atom stereocenters. The molecule has 0 saturated carbocycles. The Balaban J connectivity index is 2.02. The van der Waals surface area contributed by atoms with Crippen LogP contribution in [0.4, 0.5) is 5.13 Å². The number of carbonyl (C=O) groups excluding carboxylic acids is 2. The van der Waals surface area contributed by atoms with Crippen LogP contribution in [-0.2, 0) is 16.0 Å². The molecule has 0 aliphatic heterocycles. The molecule has 7 nitrogen and oxygen atoms in total. The lowest BCUT2D eigenvalue weighted by molar-refractivity contribution is -0.115. The maximum Gasteiger partial charge on any atom is 0.349 e. The van der Waals surface area contributed by atoms with E-state index in [1.54, 1.807) is 25.3 Å². The molecule has 0 aliphatic carbocycles. The summed E-state index contributed by atoms with van der Waals surface area (Å²) in [5.74, 6) is 0.421. The number of nitrogens with zero attached hydrogens (tertiary/aromatic N) is 1. The van der Waals surface area contributed by atoms with Crippen molar-refractivity contribution in [2.24, 2.45) is 0 Å². The number of benzene rings is 1. The van der Waals surface area contributed by atoms with Gasteiger partial charge < -0.3 is 19.5 Å². The third-order valence-corrected chi connectivity index (χ3v) is 3.84. The predicted octanol–water partition coefficient (Wildman–Crippen LogP) is 2.13. The van der Waals surface area contributed by atoms with E-state index >= 15 is 0 Å². The zero-order chi connectivity index (χ0) is 16.8. The molecule has 2 rings (SSSR count). The van der Waals surface area contributed by atoms with Gasteiger partial charge in [0.15, 0.2) is 16.6 Å². The number of thiazole rings is 1. The molecule has 0 aliphatic rings. The molecule has 2 aromatic rings. The molecular formula is C15H16N2O5S. The van der Waals surface area contributed by atoms with Crippen LogP contribution in [0.15, 0.2) is 24.4 Å². The van der Waals surface area contributed by atoms with Gasteiger partial charge in [0.1, 0.15) is 4.88 Å². The molecule has 8 heteroatoms. The van der Waals surface area contributed by atoms with E-state index in [4.69, 9.17) is 9.47 Å². The normalized spacial score (nSPS) is 10.0. The standard InChI is InChI=1S/C15H16N2O5S/c1-20-10-5-4-9(6-11(10)21-2)7-13(18)17-15-16-8-12(23-15)14(19)22-3/h4-6,8H,7H2,1-3H3,(H,16,17,18). The Kier molecular flexibility index (Phi) is 5.53. The molecule has 1 N–H and O–H groups in total. The first kappa shape index (κ1) is 16.8. The maximum absolute atomic E-state index is 12.1. The Morgan fingerprint density at radius 3 is 2.57 bits per heavy atom. The maximum atomic E-state index is 12.1. The fourth-order valence-corrected chi connectivity index (χ4v) is 2.62. The van der Waals surface area contributed by atoms with Gasteiger partial charge in [-0.2, -0.15) is 0 Å². The van der Waals surface area contributed by atoms with Crippen LogP contribution in [0.5, 0.6) is 11.5 Å². The highest BCUT2D eigenvalue weighted by Crippen LogP contribution is 2.28. The van der Waals surface area contributed by atoms with Crippen LogP contribution in [0, 0.1) is 0 Å². The first-order valence-electron chi connectivity index (χ1n) is 6.62. The van der Waals surface area contributed by atoms with E-state index in [2.05, 4.69) is 15.0 Å². The van der Waals surface area contributed by atoms with Crippen molar-refractivity contribution < 1.29 is 23.8 Å². The molecule has 122 valence electrons. The van der Waals surface area contributed by atoms with Crippen LogP contribution in [-0.4, -0.2) is 38.2 Å². The highest BCUT2D eigenvalue weighted by atomic mass is 32.1. The molecule has 1 heterocycles. The van der Waals surface area contributed by atoms with E-state index < -0.39 is 5.97 Å². The van der Waals surface area contributed by atoms with Crippen molar-refractivity contribution in [2.45, 2.75) is 6.42 Å². The number of methoxy groups -OCH3 is 3. The predicted molar refractivity (Wildman–Crippen MR) is 85.3 cm³/mol. The molecule has 1 aromatic heterocycles. The Morgan fingerprint density at radius 2 is 1.91 bits per heavy atom. The lowest BCUT2D eigenvalue weighted by Crippen LogP contribution is -2.14. The molecule has 1 amide bonds. The number of ether oxygens (including phenoxy) is 3.